The highest BCUT2D eigenvalue weighted by Crippen LogP contribution is 1.73. The Morgan fingerprint density at radius 2 is 1.80 bits per heavy atom. The fourth-order valence-corrected chi connectivity index (χ4v) is 0. The molecule has 0 rings (SSSR count). The van der Waals surface area contributed by atoms with Gasteiger partial charge in [-0.15, -0.1) is 0 Å². The van der Waals surface area contributed by atoms with Crippen molar-refractivity contribution in [1.29, 1.82) is 0 Å². The van der Waals surface area contributed by atoms with Gasteiger partial charge in [0.15, 0.2) is 0 Å². The third-order valence-electron chi connectivity index (χ3n) is 0.0667. The van der Waals surface area contributed by atoms with Crippen LogP contribution in [0.2, 0.25) is 0 Å². The van der Waals surface area contributed by atoms with E-state index in [1.165, 1.54) is 0 Å². The van der Waals surface area contributed by atoms with Crippen molar-refractivity contribution in [3.8, 4) is 0 Å². The van der Waals surface area contributed by atoms with Crippen molar-refractivity contribution in [2.24, 2.45) is 0 Å². The van der Waals surface area contributed by atoms with E-state index in [-0.39, 0.29) is 0 Å². The molecule has 0 aliphatic carbocycles. The van der Waals surface area contributed by atoms with Gasteiger partial charge < -0.3 is 0 Å². The summed E-state index contributed by atoms with van der Waals surface area (Å²) in [5, 5.41) is 0. The first-order valence-electron chi connectivity index (χ1n) is 0.730. The number of hydrogen-bond donors (Lipinski definition) is 2. The molecule has 0 N–H and O–H groups in total. The predicted molar refractivity (Wildman–Crippen MR) is 33.6 cm³/mol. The summed E-state index contributed by atoms with van der Waals surface area (Å²) < 4.78 is 4.14. The van der Waals surface area contributed by atoms with Crippen LogP contribution in [0.5, 0.6) is 0 Å². The van der Waals surface area contributed by atoms with Gasteiger partial charge in [0, 0.05) is 8.29 Å². The molecule has 0 spiro atoms. The summed E-state index contributed by atoms with van der Waals surface area (Å²) >= 11 is 12.1. The average Bonchev–Trinajstić information content (AvgIpc) is 1.38. The average molecular weight is 146 g/mol. The van der Waals surface area contributed by atoms with E-state index >= 15 is 0 Å². The third-order valence-corrected chi connectivity index (χ3v) is 1.80. The van der Waals surface area contributed by atoms with Crippen molar-refractivity contribution >= 4 is 43.6 Å². The van der Waals surface area contributed by atoms with E-state index in [9.17, 15) is 0 Å². The first-order valence-corrected chi connectivity index (χ1v) is 4.38. The van der Waals surface area contributed by atoms with Crippen molar-refractivity contribution < 1.29 is 3.63 Å². The maximum atomic E-state index is 4.36. The summed E-state index contributed by atoms with van der Waals surface area (Å²) in [7, 11) is -1.07. The summed E-state index contributed by atoms with van der Waals surface area (Å²) in [5.74, 6) is 0. The van der Waals surface area contributed by atoms with E-state index in [4.69, 9.17) is 0 Å². The molecule has 0 saturated heterocycles. The van der Waals surface area contributed by atoms with E-state index in [1.54, 1.807) is 0 Å². The van der Waals surface area contributed by atoms with Crippen LogP contribution in [-0.2, 0) is 34.3 Å². The molecule has 0 bridgehead atoms. The van der Waals surface area contributed by atoms with Crippen LogP contribution in [0.4, 0.5) is 0 Å². The molecule has 5 heteroatoms. The maximum Gasteiger partial charge on any atom is 0.0204 e. The molecular formula is H2OS4. The maximum absolute atomic E-state index is 4.36. The molecule has 0 aliphatic rings. The third kappa shape index (κ3) is 5.10. The monoisotopic (exact) mass is 146 g/mol. The van der Waals surface area contributed by atoms with Gasteiger partial charge in [-0.2, -0.15) is 0 Å². The molecule has 5 heavy (non-hydrogen) atoms. The van der Waals surface area contributed by atoms with E-state index in [0.29, 0.717) is 0 Å². The summed E-state index contributed by atoms with van der Waals surface area (Å²) in [6.07, 6.45) is 0. The van der Waals surface area contributed by atoms with Gasteiger partial charge in [0.05, 0.1) is 0 Å². The number of thiol groups is 2. The van der Waals surface area contributed by atoms with Crippen LogP contribution in [0, 0.1) is 0 Å². The van der Waals surface area contributed by atoms with Gasteiger partial charge in [-0.05, 0) is 35.3 Å². The Morgan fingerprint density at radius 3 is 1.80 bits per heavy atom. The minimum absolute atomic E-state index is 1.07. The molecule has 0 aromatic carbocycles. The highest BCUT2D eigenvalue weighted by molar-refractivity contribution is 8.45. The van der Waals surface area contributed by atoms with Crippen LogP contribution in [0.1, 0.15) is 0 Å². The van der Waals surface area contributed by atoms with Crippen LogP contribution in [0.25, 0.3) is 0 Å². The van der Waals surface area contributed by atoms with Crippen molar-refractivity contribution in [2.45, 2.75) is 0 Å². The summed E-state index contributed by atoms with van der Waals surface area (Å²) in [5.41, 5.74) is 0. The molecule has 0 aromatic heterocycles. The molecule has 32 valence electrons. The molecule has 0 aromatic rings. The summed E-state index contributed by atoms with van der Waals surface area (Å²) in [6, 6.07) is 0. The van der Waals surface area contributed by atoms with Gasteiger partial charge >= 0.3 is 0 Å². The second-order valence-corrected chi connectivity index (χ2v) is 4.09. The minimum atomic E-state index is -1.07. The van der Waals surface area contributed by atoms with Crippen molar-refractivity contribution in [3.05, 3.63) is 0 Å². The molecule has 0 unspecified atom stereocenters. The molecule has 0 radical (unpaired) electrons. The standard InChI is InChI=1S/H2OS4/c2-1-5(3)4/h2,5H. The molecule has 0 amide bonds. The Bertz CT molecular complexity index is 61.7. The van der Waals surface area contributed by atoms with Crippen molar-refractivity contribution in [1.82, 2.24) is 0 Å². The molecule has 1 nitrogen and oxygen atoms in total. The zero-order valence-electron chi connectivity index (χ0n) is 2.12. The van der Waals surface area contributed by atoms with E-state index in [0.717, 1.165) is 0 Å². The van der Waals surface area contributed by atoms with Crippen LogP contribution in [-0.4, -0.2) is 0 Å². The fourth-order valence-electron chi connectivity index (χ4n) is 0. The lowest BCUT2D eigenvalue weighted by molar-refractivity contribution is 0.783. The lowest BCUT2D eigenvalue weighted by atomic mass is 15.9. The Morgan fingerprint density at radius 1 is 1.60 bits per heavy atom. The van der Waals surface area contributed by atoms with Crippen LogP contribution in [0.3, 0.4) is 0 Å². The molecule has 0 fully saturated rings. The molecule has 0 saturated carbocycles. The highest BCUT2D eigenvalue weighted by Gasteiger charge is 1.54. The lowest BCUT2D eigenvalue weighted by Gasteiger charge is -1.71. The van der Waals surface area contributed by atoms with Gasteiger partial charge in [0.25, 0.3) is 0 Å². The Hall–Kier alpha value is 1.10. The predicted octanol–water partition coefficient (Wildman–Crippen LogP) is 0.0372. The molecule has 0 aliphatic heterocycles. The molecule has 0 heterocycles. The SMILES string of the molecule is S=[SH](=S)OS. The lowest BCUT2D eigenvalue weighted by Crippen LogP contribution is -1.58. The van der Waals surface area contributed by atoms with Crippen molar-refractivity contribution in [2.75, 3.05) is 0 Å². The van der Waals surface area contributed by atoms with Gasteiger partial charge in [-0.1, -0.05) is 0 Å². The van der Waals surface area contributed by atoms with E-state index in [2.05, 4.69) is 38.9 Å². The summed E-state index contributed by atoms with van der Waals surface area (Å²) in [4.78, 5) is 0. The van der Waals surface area contributed by atoms with Gasteiger partial charge in [-0.25, -0.2) is 3.63 Å². The van der Waals surface area contributed by atoms with Gasteiger partial charge in [-0.3, -0.25) is 0 Å². The van der Waals surface area contributed by atoms with Gasteiger partial charge in [0.2, 0.25) is 0 Å². The second kappa shape index (κ2) is 3.30. The first-order chi connectivity index (χ1) is 2.27. The normalized spacial score (nSPS) is 9.20. The van der Waals surface area contributed by atoms with Gasteiger partial charge in [0.1, 0.15) is 0 Å². The zero-order valence-corrected chi connectivity index (χ0v) is 5.54. The number of rotatable bonds is 1. The second-order valence-electron chi connectivity index (χ2n) is 0.305. The minimum Gasteiger partial charge on any atom is -0.248 e. The zero-order chi connectivity index (χ0) is 4.28. The fraction of sp³-hybridized carbons (Fsp3) is 0. The largest absolute Gasteiger partial charge is 0.248 e. The molecule has 0 atom stereocenters. The Labute approximate surface area is 47.4 Å². The van der Waals surface area contributed by atoms with E-state index < -0.39 is 8.29 Å². The molecular weight excluding hydrogens is 144 g/mol. The quantitative estimate of drug-likeness (QED) is 0.399. The Balaban J connectivity index is 3.23. The van der Waals surface area contributed by atoms with E-state index in [1.807, 2.05) is 0 Å². The summed E-state index contributed by atoms with van der Waals surface area (Å²) in [6.45, 7) is 0. The first kappa shape index (κ1) is 6.10. The number of hydrogen-bond acceptors (Lipinski definition) is 4. The smallest absolute Gasteiger partial charge is 0.0204 e. The van der Waals surface area contributed by atoms with Crippen LogP contribution < -0.4 is 0 Å². The highest BCUT2D eigenvalue weighted by atomic mass is 33.1. The van der Waals surface area contributed by atoms with Crippen molar-refractivity contribution in [3.63, 3.8) is 0 Å². The van der Waals surface area contributed by atoms with Crippen LogP contribution in [0.15, 0.2) is 0 Å². The van der Waals surface area contributed by atoms with Crippen LogP contribution >= 0.6 is 12.9 Å². The Kier molecular flexibility index (Phi) is 4.02. The topological polar surface area (TPSA) is 9.23 Å².